The van der Waals surface area contributed by atoms with Gasteiger partial charge in [0.25, 0.3) is 0 Å². The zero-order valence-corrected chi connectivity index (χ0v) is 12.0. The van der Waals surface area contributed by atoms with E-state index in [1.54, 1.807) is 6.07 Å². The minimum absolute atomic E-state index is 0.421. The van der Waals surface area contributed by atoms with Crippen LogP contribution < -0.4 is 0 Å². The van der Waals surface area contributed by atoms with Crippen molar-refractivity contribution in [2.45, 2.75) is 46.7 Å². The Hall–Kier alpha value is -1.29. The van der Waals surface area contributed by atoms with Crippen molar-refractivity contribution in [1.82, 2.24) is 9.47 Å². The Morgan fingerprint density at radius 2 is 2.06 bits per heavy atom. The number of nitrogens with zero attached hydrogens (tertiary/aromatic N) is 2. The molecule has 0 atom stereocenters. The molecule has 4 nitrogen and oxygen atoms in total. The molecule has 0 saturated heterocycles. The van der Waals surface area contributed by atoms with Crippen LogP contribution in [0.25, 0.3) is 0 Å². The molecule has 1 N–H and O–H groups in total. The second kappa shape index (κ2) is 6.05. The van der Waals surface area contributed by atoms with Crippen molar-refractivity contribution in [2.24, 2.45) is 0 Å². The van der Waals surface area contributed by atoms with Gasteiger partial charge in [-0.15, -0.1) is 0 Å². The van der Waals surface area contributed by atoms with E-state index in [4.69, 9.17) is 5.11 Å². The summed E-state index contributed by atoms with van der Waals surface area (Å²) < 4.78 is 2.09. The molecule has 0 aliphatic heterocycles. The summed E-state index contributed by atoms with van der Waals surface area (Å²) in [4.78, 5) is 13.3. The first kappa shape index (κ1) is 14.8. The second-order valence-corrected chi connectivity index (χ2v) is 5.17. The quantitative estimate of drug-likeness (QED) is 0.846. The minimum atomic E-state index is -0.839. The number of rotatable bonds is 6. The van der Waals surface area contributed by atoms with Crippen molar-refractivity contribution < 1.29 is 9.90 Å². The highest BCUT2D eigenvalue weighted by atomic mass is 16.4. The number of aryl methyl sites for hydroxylation is 1. The number of hydrogen-bond acceptors (Lipinski definition) is 2. The first-order valence-electron chi connectivity index (χ1n) is 6.44. The van der Waals surface area contributed by atoms with Crippen molar-refractivity contribution in [3.8, 4) is 0 Å². The average molecular weight is 252 g/mol. The van der Waals surface area contributed by atoms with Gasteiger partial charge in [-0.05, 0) is 53.8 Å². The highest BCUT2D eigenvalue weighted by Gasteiger charge is 2.14. The zero-order valence-electron chi connectivity index (χ0n) is 12.0. The predicted molar refractivity (Wildman–Crippen MR) is 73.2 cm³/mol. The third-order valence-corrected chi connectivity index (χ3v) is 3.58. The third kappa shape index (κ3) is 3.35. The fraction of sp³-hybridized carbons (Fsp3) is 0.643. The number of aromatic nitrogens is 1. The fourth-order valence-electron chi connectivity index (χ4n) is 2.10. The third-order valence-electron chi connectivity index (χ3n) is 3.58. The smallest absolute Gasteiger partial charge is 0.337 e. The molecule has 0 radical (unpaired) electrons. The largest absolute Gasteiger partial charge is 0.478 e. The highest BCUT2D eigenvalue weighted by molar-refractivity contribution is 5.89. The van der Waals surface area contributed by atoms with E-state index in [9.17, 15) is 4.79 Å². The van der Waals surface area contributed by atoms with E-state index in [2.05, 4.69) is 30.4 Å². The van der Waals surface area contributed by atoms with Crippen molar-refractivity contribution in [3.05, 3.63) is 23.0 Å². The standard InChI is InChI=1S/C14H24N2O2/c1-10(2)15(5)7-6-8-16-11(3)9-13(12(16)4)14(17)18/h9-10H,6-8H2,1-5H3,(H,17,18). The van der Waals surface area contributed by atoms with Crippen LogP contribution in [0.1, 0.15) is 42.0 Å². The van der Waals surface area contributed by atoms with E-state index < -0.39 is 5.97 Å². The summed E-state index contributed by atoms with van der Waals surface area (Å²) in [7, 11) is 2.11. The zero-order chi connectivity index (χ0) is 13.9. The van der Waals surface area contributed by atoms with Gasteiger partial charge < -0.3 is 14.6 Å². The molecule has 1 aromatic rings. The van der Waals surface area contributed by atoms with Gasteiger partial charge in [-0.1, -0.05) is 0 Å². The molecule has 102 valence electrons. The van der Waals surface area contributed by atoms with Crippen LogP contribution in [0.4, 0.5) is 0 Å². The minimum Gasteiger partial charge on any atom is -0.478 e. The highest BCUT2D eigenvalue weighted by Crippen LogP contribution is 2.15. The Labute approximate surface area is 109 Å². The SMILES string of the molecule is Cc1cc(C(=O)O)c(C)n1CCCN(C)C(C)C. The lowest BCUT2D eigenvalue weighted by molar-refractivity contribution is 0.0696. The van der Waals surface area contributed by atoms with Gasteiger partial charge in [0.05, 0.1) is 5.56 Å². The van der Waals surface area contributed by atoms with Crippen molar-refractivity contribution in [1.29, 1.82) is 0 Å². The van der Waals surface area contributed by atoms with E-state index in [-0.39, 0.29) is 0 Å². The van der Waals surface area contributed by atoms with E-state index in [0.717, 1.165) is 30.9 Å². The molecule has 0 amide bonds. The first-order valence-corrected chi connectivity index (χ1v) is 6.44. The Morgan fingerprint density at radius 1 is 1.44 bits per heavy atom. The molecule has 0 aliphatic rings. The average Bonchev–Trinajstić information content (AvgIpc) is 2.56. The number of aromatic carboxylic acids is 1. The normalized spacial score (nSPS) is 11.5. The molecule has 0 fully saturated rings. The number of carboxylic acids is 1. The van der Waals surface area contributed by atoms with E-state index in [1.165, 1.54) is 0 Å². The molecule has 0 aromatic carbocycles. The summed E-state index contributed by atoms with van der Waals surface area (Å²) in [5, 5.41) is 9.07. The number of hydrogen-bond donors (Lipinski definition) is 1. The van der Waals surface area contributed by atoms with Crippen LogP contribution in [0.2, 0.25) is 0 Å². The molecule has 1 rings (SSSR count). The summed E-state index contributed by atoms with van der Waals surface area (Å²) >= 11 is 0. The summed E-state index contributed by atoms with van der Waals surface area (Å²) in [6, 6.07) is 2.30. The Morgan fingerprint density at radius 3 is 2.50 bits per heavy atom. The van der Waals surface area contributed by atoms with Gasteiger partial charge >= 0.3 is 5.97 Å². The Bertz CT molecular complexity index is 422. The number of carboxylic acid groups (broad SMARTS) is 1. The summed E-state index contributed by atoms with van der Waals surface area (Å²) in [6.45, 7) is 10.1. The topological polar surface area (TPSA) is 45.5 Å². The maximum absolute atomic E-state index is 11.0. The molecular formula is C14H24N2O2. The molecule has 0 aliphatic carbocycles. The molecule has 1 heterocycles. The second-order valence-electron chi connectivity index (χ2n) is 5.17. The lowest BCUT2D eigenvalue weighted by Gasteiger charge is -2.21. The van der Waals surface area contributed by atoms with Gasteiger partial charge in [0.2, 0.25) is 0 Å². The molecule has 0 saturated carbocycles. The molecule has 0 spiro atoms. The molecule has 4 heteroatoms. The maximum Gasteiger partial charge on any atom is 0.337 e. The summed E-state index contributed by atoms with van der Waals surface area (Å²) in [5.74, 6) is -0.839. The van der Waals surface area contributed by atoms with E-state index >= 15 is 0 Å². The van der Waals surface area contributed by atoms with Gasteiger partial charge in [0.1, 0.15) is 0 Å². The Balaban J connectivity index is 2.66. The van der Waals surface area contributed by atoms with Gasteiger partial charge in [-0.2, -0.15) is 0 Å². The van der Waals surface area contributed by atoms with E-state index in [1.807, 2.05) is 13.8 Å². The molecule has 0 unspecified atom stereocenters. The summed E-state index contributed by atoms with van der Waals surface area (Å²) in [5.41, 5.74) is 2.30. The maximum atomic E-state index is 11.0. The van der Waals surface area contributed by atoms with Crippen LogP contribution in [0.5, 0.6) is 0 Å². The van der Waals surface area contributed by atoms with Crippen LogP contribution in [0, 0.1) is 13.8 Å². The van der Waals surface area contributed by atoms with Crippen LogP contribution in [0.15, 0.2) is 6.07 Å². The number of carbonyl (C=O) groups is 1. The monoisotopic (exact) mass is 252 g/mol. The van der Waals surface area contributed by atoms with Crippen LogP contribution >= 0.6 is 0 Å². The molecule has 1 aromatic heterocycles. The van der Waals surface area contributed by atoms with Crippen molar-refractivity contribution in [3.63, 3.8) is 0 Å². The van der Waals surface area contributed by atoms with Crippen LogP contribution in [-0.2, 0) is 6.54 Å². The van der Waals surface area contributed by atoms with Gasteiger partial charge in [0, 0.05) is 24.0 Å². The van der Waals surface area contributed by atoms with E-state index in [0.29, 0.717) is 11.6 Å². The van der Waals surface area contributed by atoms with Gasteiger partial charge in [-0.25, -0.2) is 4.79 Å². The van der Waals surface area contributed by atoms with Crippen LogP contribution in [-0.4, -0.2) is 40.2 Å². The molecule has 0 bridgehead atoms. The first-order chi connectivity index (χ1) is 8.34. The van der Waals surface area contributed by atoms with Crippen molar-refractivity contribution in [2.75, 3.05) is 13.6 Å². The lowest BCUT2D eigenvalue weighted by Crippen LogP contribution is -2.28. The predicted octanol–water partition coefficient (Wildman–Crippen LogP) is 2.53. The molecular weight excluding hydrogens is 228 g/mol. The van der Waals surface area contributed by atoms with Crippen molar-refractivity contribution >= 4 is 5.97 Å². The van der Waals surface area contributed by atoms with Gasteiger partial charge in [-0.3, -0.25) is 0 Å². The van der Waals surface area contributed by atoms with Crippen LogP contribution in [0.3, 0.4) is 0 Å². The Kier molecular flexibility index (Phi) is 4.96. The van der Waals surface area contributed by atoms with Gasteiger partial charge in [0.15, 0.2) is 0 Å². The molecule has 18 heavy (non-hydrogen) atoms. The summed E-state index contributed by atoms with van der Waals surface area (Å²) in [6.07, 6.45) is 1.03. The lowest BCUT2D eigenvalue weighted by atomic mass is 10.2. The fourth-order valence-corrected chi connectivity index (χ4v) is 2.10.